The van der Waals surface area contributed by atoms with Crippen molar-refractivity contribution in [3.63, 3.8) is 0 Å². The van der Waals surface area contributed by atoms with Crippen LogP contribution in [-0.2, 0) is 11.8 Å². The summed E-state index contributed by atoms with van der Waals surface area (Å²) < 4.78 is 1.97. The predicted octanol–water partition coefficient (Wildman–Crippen LogP) is 2.02. The molecule has 64 valence electrons. The molecule has 0 radical (unpaired) electrons. The first-order chi connectivity index (χ1) is 5.74. The van der Waals surface area contributed by atoms with E-state index in [0.29, 0.717) is 6.42 Å². The minimum atomic E-state index is 0.163. The van der Waals surface area contributed by atoms with Crippen molar-refractivity contribution in [3.8, 4) is 0 Å². The normalized spacial score (nSPS) is 10.8. The Morgan fingerprint density at radius 3 is 2.92 bits per heavy atom. The molecule has 0 unspecified atom stereocenters. The summed E-state index contributed by atoms with van der Waals surface area (Å²) in [6, 6.07) is 3.93. The fourth-order valence-electron chi connectivity index (χ4n) is 0.944. The molecule has 0 bridgehead atoms. The Morgan fingerprint density at radius 1 is 1.67 bits per heavy atom. The van der Waals surface area contributed by atoms with Gasteiger partial charge >= 0.3 is 0 Å². The van der Waals surface area contributed by atoms with E-state index in [4.69, 9.17) is 0 Å². The number of hydrogen-bond acceptors (Lipinski definition) is 1. The first kappa shape index (κ1) is 8.78. The second-order valence-electron chi connectivity index (χ2n) is 2.70. The first-order valence-electron chi connectivity index (χ1n) is 4.06. The minimum absolute atomic E-state index is 0.163. The number of allylic oxidation sites excluding steroid dienone is 1. The van der Waals surface area contributed by atoms with Crippen molar-refractivity contribution in [2.24, 2.45) is 7.05 Å². The molecule has 0 spiro atoms. The zero-order valence-electron chi connectivity index (χ0n) is 7.45. The molecule has 1 heterocycles. The average molecular weight is 163 g/mol. The fourth-order valence-corrected chi connectivity index (χ4v) is 0.944. The molecule has 0 saturated heterocycles. The molecule has 0 aliphatic rings. The van der Waals surface area contributed by atoms with Crippen LogP contribution in [0.25, 0.3) is 6.08 Å². The summed E-state index contributed by atoms with van der Waals surface area (Å²) in [6.07, 6.45) is 5.98. The predicted molar refractivity (Wildman–Crippen MR) is 49.7 cm³/mol. The molecule has 0 amide bonds. The third kappa shape index (κ3) is 2.09. The van der Waals surface area contributed by atoms with Gasteiger partial charge in [-0.15, -0.1) is 0 Å². The molecule has 0 N–H and O–H groups in total. The molecular weight excluding hydrogens is 150 g/mol. The molecule has 0 aliphatic heterocycles. The van der Waals surface area contributed by atoms with Crippen molar-refractivity contribution >= 4 is 11.9 Å². The molecule has 2 nitrogen and oxygen atoms in total. The SMILES string of the molecule is CCC(=O)/C=C/c1cccn1C. The van der Waals surface area contributed by atoms with Crippen LogP contribution >= 0.6 is 0 Å². The Kier molecular flexibility index (Phi) is 2.86. The van der Waals surface area contributed by atoms with E-state index in [-0.39, 0.29) is 5.78 Å². The highest BCUT2D eigenvalue weighted by Gasteiger charge is 1.92. The Hall–Kier alpha value is -1.31. The van der Waals surface area contributed by atoms with E-state index in [1.807, 2.05) is 42.9 Å². The van der Waals surface area contributed by atoms with Gasteiger partial charge in [0, 0.05) is 25.4 Å². The van der Waals surface area contributed by atoms with Gasteiger partial charge in [0.05, 0.1) is 0 Å². The molecule has 1 aromatic rings. The highest BCUT2D eigenvalue weighted by molar-refractivity contribution is 5.93. The van der Waals surface area contributed by atoms with E-state index in [1.54, 1.807) is 6.08 Å². The van der Waals surface area contributed by atoms with Crippen molar-refractivity contribution in [1.29, 1.82) is 0 Å². The molecular formula is C10H13NO. The number of carbonyl (C=O) groups is 1. The molecule has 1 rings (SSSR count). The summed E-state index contributed by atoms with van der Waals surface area (Å²) in [6.45, 7) is 1.86. The first-order valence-corrected chi connectivity index (χ1v) is 4.06. The molecule has 0 atom stereocenters. The lowest BCUT2D eigenvalue weighted by Gasteiger charge is -1.94. The van der Waals surface area contributed by atoms with E-state index >= 15 is 0 Å². The van der Waals surface area contributed by atoms with Crippen molar-refractivity contribution < 1.29 is 4.79 Å². The van der Waals surface area contributed by atoms with Crippen molar-refractivity contribution in [2.45, 2.75) is 13.3 Å². The number of ketones is 1. The van der Waals surface area contributed by atoms with Gasteiger partial charge in [0.25, 0.3) is 0 Å². The van der Waals surface area contributed by atoms with Gasteiger partial charge in [-0.2, -0.15) is 0 Å². The summed E-state index contributed by atoms with van der Waals surface area (Å²) in [5.41, 5.74) is 1.05. The van der Waals surface area contributed by atoms with Crippen molar-refractivity contribution in [2.75, 3.05) is 0 Å². The van der Waals surface area contributed by atoms with E-state index in [0.717, 1.165) is 5.69 Å². The van der Waals surface area contributed by atoms with Crippen LogP contribution < -0.4 is 0 Å². The molecule has 2 heteroatoms. The van der Waals surface area contributed by atoms with Crippen LogP contribution in [0.3, 0.4) is 0 Å². The molecule has 0 aliphatic carbocycles. The van der Waals surface area contributed by atoms with Crippen LogP contribution in [-0.4, -0.2) is 10.4 Å². The van der Waals surface area contributed by atoms with Gasteiger partial charge in [-0.05, 0) is 24.3 Å². The number of aryl methyl sites for hydroxylation is 1. The average Bonchev–Trinajstić information content (AvgIpc) is 2.47. The van der Waals surface area contributed by atoms with Crippen LogP contribution in [0.4, 0.5) is 0 Å². The molecule has 0 saturated carbocycles. The van der Waals surface area contributed by atoms with Crippen LogP contribution in [0.2, 0.25) is 0 Å². The van der Waals surface area contributed by atoms with Gasteiger partial charge in [0.15, 0.2) is 5.78 Å². The topological polar surface area (TPSA) is 22.0 Å². The maximum atomic E-state index is 10.9. The van der Waals surface area contributed by atoms with Crippen molar-refractivity contribution in [3.05, 3.63) is 30.1 Å². The number of aromatic nitrogens is 1. The maximum Gasteiger partial charge on any atom is 0.155 e. The maximum absolute atomic E-state index is 10.9. The van der Waals surface area contributed by atoms with E-state index in [1.165, 1.54) is 0 Å². The Bertz CT molecular complexity index is 297. The van der Waals surface area contributed by atoms with Crippen LogP contribution in [0.5, 0.6) is 0 Å². The van der Waals surface area contributed by atoms with Gasteiger partial charge in [-0.1, -0.05) is 6.92 Å². The van der Waals surface area contributed by atoms with Gasteiger partial charge in [-0.25, -0.2) is 0 Å². The Morgan fingerprint density at radius 2 is 2.42 bits per heavy atom. The van der Waals surface area contributed by atoms with Gasteiger partial charge in [-0.3, -0.25) is 4.79 Å². The number of hydrogen-bond donors (Lipinski definition) is 0. The second kappa shape index (κ2) is 3.90. The Labute approximate surface area is 72.5 Å². The van der Waals surface area contributed by atoms with Gasteiger partial charge in [0.2, 0.25) is 0 Å². The third-order valence-corrected chi connectivity index (χ3v) is 1.77. The van der Waals surface area contributed by atoms with Crippen molar-refractivity contribution in [1.82, 2.24) is 4.57 Å². The van der Waals surface area contributed by atoms with Gasteiger partial charge in [0.1, 0.15) is 0 Å². The van der Waals surface area contributed by atoms with Crippen LogP contribution in [0.1, 0.15) is 19.0 Å². The molecule has 0 fully saturated rings. The molecule has 1 aromatic heterocycles. The lowest BCUT2D eigenvalue weighted by molar-refractivity contribution is -0.114. The highest BCUT2D eigenvalue weighted by Crippen LogP contribution is 2.02. The lowest BCUT2D eigenvalue weighted by atomic mass is 10.2. The lowest BCUT2D eigenvalue weighted by Crippen LogP contribution is -1.90. The summed E-state index contributed by atoms with van der Waals surface area (Å²) in [7, 11) is 1.95. The summed E-state index contributed by atoms with van der Waals surface area (Å²) in [5, 5.41) is 0. The zero-order chi connectivity index (χ0) is 8.97. The minimum Gasteiger partial charge on any atom is -0.351 e. The smallest absolute Gasteiger partial charge is 0.155 e. The van der Waals surface area contributed by atoms with Gasteiger partial charge < -0.3 is 4.57 Å². The molecule has 0 aromatic carbocycles. The van der Waals surface area contributed by atoms with Crippen LogP contribution in [0.15, 0.2) is 24.4 Å². The quantitative estimate of drug-likeness (QED) is 0.625. The number of carbonyl (C=O) groups excluding carboxylic acids is 1. The fraction of sp³-hybridized carbons (Fsp3) is 0.300. The monoisotopic (exact) mass is 163 g/mol. The van der Waals surface area contributed by atoms with E-state index < -0.39 is 0 Å². The standard InChI is InChI=1S/C10H13NO/c1-3-10(12)7-6-9-5-4-8-11(9)2/h4-8H,3H2,1-2H3/b7-6+. The van der Waals surface area contributed by atoms with E-state index in [9.17, 15) is 4.79 Å². The zero-order valence-corrected chi connectivity index (χ0v) is 7.45. The summed E-state index contributed by atoms with van der Waals surface area (Å²) in [5.74, 6) is 0.163. The van der Waals surface area contributed by atoms with E-state index in [2.05, 4.69) is 0 Å². The highest BCUT2D eigenvalue weighted by atomic mass is 16.1. The Balaban J connectivity index is 2.69. The number of nitrogens with zero attached hydrogens (tertiary/aromatic N) is 1. The molecule has 12 heavy (non-hydrogen) atoms. The summed E-state index contributed by atoms with van der Waals surface area (Å²) in [4.78, 5) is 10.9. The summed E-state index contributed by atoms with van der Waals surface area (Å²) >= 11 is 0. The van der Waals surface area contributed by atoms with Crippen LogP contribution in [0, 0.1) is 0 Å². The second-order valence-corrected chi connectivity index (χ2v) is 2.70. The largest absolute Gasteiger partial charge is 0.351 e. The third-order valence-electron chi connectivity index (χ3n) is 1.77. The number of rotatable bonds is 3.